The summed E-state index contributed by atoms with van der Waals surface area (Å²) < 4.78 is 10.4. The van der Waals surface area contributed by atoms with E-state index in [2.05, 4.69) is 20.4 Å². The summed E-state index contributed by atoms with van der Waals surface area (Å²) in [5.41, 5.74) is 6.33. The highest BCUT2D eigenvalue weighted by Gasteiger charge is 2.04. The Balaban J connectivity index is 1.89. The van der Waals surface area contributed by atoms with Crippen molar-refractivity contribution in [1.82, 2.24) is 15.1 Å². The third-order valence-corrected chi connectivity index (χ3v) is 2.38. The molecule has 2 heterocycles. The van der Waals surface area contributed by atoms with Gasteiger partial charge in [-0.1, -0.05) is 12.1 Å². The minimum atomic E-state index is 0.463. The van der Waals surface area contributed by atoms with Crippen LogP contribution in [-0.4, -0.2) is 28.3 Å². The molecule has 102 valence electrons. The van der Waals surface area contributed by atoms with E-state index < -0.39 is 0 Å². The van der Waals surface area contributed by atoms with E-state index in [1.54, 1.807) is 6.07 Å². The van der Waals surface area contributed by atoms with Crippen LogP contribution in [0.4, 0.5) is 11.5 Å². The highest BCUT2D eigenvalue weighted by atomic mass is 16.5. The molecule has 0 aliphatic heterocycles. The summed E-state index contributed by atoms with van der Waals surface area (Å²) in [7, 11) is 0. The normalized spacial score (nSPS) is 10.4. The predicted molar refractivity (Wildman–Crippen MR) is 70.9 cm³/mol. The molecule has 0 aliphatic rings. The topological polar surface area (TPSA) is 99.1 Å². The molecule has 3 N–H and O–H groups in total. The number of ether oxygens (including phenoxy) is 1. The largest absolute Gasteiger partial charge is 0.476 e. The number of pyridine rings is 1. The van der Waals surface area contributed by atoms with Crippen LogP contribution in [0.15, 0.2) is 23.0 Å². The Hall–Kier alpha value is -2.31. The lowest BCUT2D eigenvalue weighted by Gasteiger charge is -2.09. The lowest BCUT2D eigenvalue weighted by molar-refractivity contribution is 0.307. The van der Waals surface area contributed by atoms with Gasteiger partial charge in [0.15, 0.2) is 6.33 Å². The SMILES string of the molecule is CCCOc1nc(NCCc2ncno2)ccc1N. The van der Waals surface area contributed by atoms with Crippen molar-refractivity contribution in [2.75, 3.05) is 24.2 Å². The van der Waals surface area contributed by atoms with Gasteiger partial charge in [0.1, 0.15) is 5.82 Å². The maximum Gasteiger partial charge on any atom is 0.239 e. The molecular formula is C12H17N5O2. The minimum absolute atomic E-state index is 0.463. The molecule has 0 atom stereocenters. The first kappa shape index (κ1) is 13.1. The maximum absolute atomic E-state index is 5.79. The Morgan fingerprint density at radius 1 is 1.42 bits per heavy atom. The first-order valence-electron chi connectivity index (χ1n) is 6.18. The van der Waals surface area contributed by atoms with E-state index in [0.29, 0.717) is 42.8 Å². The van der Waals surface area contributed by atoms with Crippen molar-refractivity contribution >= 4 is 11.5 Å². The summed E-state index contributed by atoms with van der Waals surface area (Å²) in [5, 5.41) is 6.69. The van der Waals surface area contributed by atoms with Crippen LogP contribution in [0.3, 0.4) is 0 Å². The molecule has 0 fully saturated rings. The number of nitrogens with one attached hydrogen (secondary N) is 1. The fourth-order valence-electron chi connectivity index (χ4n) is 1.47. The molecule has 2 rings (SSSR count). The fraction of sp³-hybridized carbons (Fsp3) is 0.417. The Kier molecular flexibility index (Phi) is 4.54. The molecule has 0 aromatic carbocycles. The van der Waals surface area contributed by atoms with E-state index in [0.717, 1.165) is 6.42 Å². The van der Waals surface area contributed by atoms with Gasteiger partial charge in [-0.3, -0.25) is 0 Å². The second-order valence-electron chi connectivity index (χ2n) is 3.95. The molecule has 2 aromatic heterocycles. The standard InChI is InChI=1S/C12H17N5O2/c1-2-7-18-12-9(13)3-4-10(17-12)14-6-5-11-15-8-16-19-11/h3-4,8H,2,5-7,13H2,1H3,(H,14,17). The first-order chi connectivity index (χ1) is 9.29. The van der Waals surface area contributed by atoms with Crippen LogP contribution in [0.2, 0.25) is 0 Å². The maximum atomic E-state index is 5.79. The van der Waals surface area contributed by atoms with Gasteiger partial charge in [-0.05, 0) is 18.6 Å². The summed E-state index contributed by atoms with van der Waals surface area (Å²) in [6.45, 7) is 3.28. The Labute approximate surface area is 111 Å². The van der Waals surface area contributed by atoms with Crippen molar-refractivity contribution in [3.05, 3.63) is 24.4 Å². The molecule has 0 bridgehead atoms. The van der Waals surface area contributed by atoms with Crippen LogP contribution in [0.1, 0.15) is 19.2 Å². The Bertz CT molecular complexity index is 501. The van der Waals surface area contributed by atoms with E-state index in [-0.39, 0.29) is 0 Å². The quantitative estimate of drug-likeness (QED) is 0.780. The average molecular weight is 263 g/mol. The number of hydrogen-bond acceptors (Lipinski definition) is 7. The number of rotatable bonds is 7. The van der Waals surface area contributed by atoms with E-state index in [1.807, 2.05) is 13.0 Å². The number of nitrogen functional groups attached to an aromatic ring is 1. The third kappa shape index (κ3) is 3.84. The summed E-state index contributed by atoms with van der Waals surface area (Å²) in [6, 6.07) is 3.58. The van der Waals surface area contributed by atoms with Crippen molar-refractivity contribution in [2.24, 2.45) is 0 Å². The zero-order valence-electron chi connectivity index (χ0n) is 10.8. The smallest absolute Gasteiger partial charge is 0.239 e. The van der Waals surface area contributed by atoms with Crippen LogP contribution in [0.5, 0.6) is 5.88 Å². The zero-order chi connectivity index (χ0) is 13.5. The van der Waals surface area contributed by atoms with Gasteiger partial charge in [-0.15, -0.1) is 0 Å². The van der Waals surface area contributed by atoms with Gasteiger partial charge in [0.2, 0.25) is 11.8 Å². The Morgan fingerprint density at radius 3 is 3.05 bits per heavy atom. The van der Waals surface area contributed by atoms with E-state index in [9.17, 15) is 0 Å². The van der Waals surface area contributed by atoms with E-state index in [1.165, 1.54) is 6.33 Å². The molecule has 7 nitrogen and oxygen atoms in total. The number of nitrogens with two attached hydrogens (primary N) is 1. The van der Waals surface area contributed by atoms with Gasteiger partial charge in [-0.25, -0.2) is 0 Å². The summed E-state index contributed by atoms with van der Waals surface area (Å²) >= 11 is 0. The van der Waals surface area contributed by atoms with Crippen molar-refractivity contribution in [3.8, 4) is 5.88 Å². The van der Waals surface area contributed by atoms with E-state index >= 15 is 0 Å². The molecule has 0 amide bonds. The summed E-state index contributed by atoms with van der Waals surface area (Å²) in [5.74, 6) is 1.76. The second-order valence-corrected chi connectivity index (χ2v) is 3.95. The van der Waals surface area contributed by atoms with Crippen LogP contribution < -0.4 is 15.8 Å². The van der Waals surface area contributed by atoms with Gasteiger partial charge in [0.05, 0.1) is 12.3 Å². The second kappa shape index (κ2) is 6.58. The van der Waals surface area contributed by atoms with Gasteiger partial charge >= 0.3 is 0 Å². The molecule has 2 aromatic rings. The molecule has 19 heavy (non-hydrogen) atoms. The monoisotopic (exact) mass is 263 g/mol. The van der Waals surface area contributed by atoms with Crippen LogP contribution in [-0.2, 0) is 6.42 Å². The van der Waals surface area contributed by atoms with Crippen molar-refractivity contribution < 1.29 is 9.26 Å². The predicted octanol–water partition coefficient (Wildman–Crippen LogP) is 1.49. The summed E-state index contributed by atoms with van der Waals surface area (Å²) in [4.78, 5) is 8.24. The highest BCUT2D eigenvalue weighted by molar-refractivity contribution is 5.53. The fourth-order valence-corrected chi connectivity index (χ4v) is 1.47. The lowest BCUT2D eigenvalue weighted by Crippen LogP contribution is -2.08. The zero-order valence-corrected chi connectivity index (χ0v) is 10.8. The molecule has 0 saturated heterocycles. The van der Waals surface area contributed by atoms with E-state index in [4.69, 9.17) is 15.0 Å². The molecule has 0 radical (unpaired) electrons. The number of anilines is 2. The number of aromatic nitrogens is 3. The van der Waals surface area contributed by atoms with Crippen LogP contribution in [0.25, 0.3) is 0 Å². The van der Waals surface area contributed by atoms with Crippen molar-refractivity contribution in [3.63, 3.8) is 0 Å². The van der Waals surface area contributed by atoms with Gasteiger partial charge in [0, 0.05) is 13.0 Å². The molecule has 0 unspecified atom stereocenters. The minimum Gasteiger partial charge on any atom is -0.476 e. The number of nitrogens with zero attached hydrogens (tertiary/aromatic N) is 3. The molecule has 7 heteroatoms. The molecular weight excluding hydrogens is 246 g/mol. The summed E-state index contributed by atoms with van der Waals surface area (Å²) in [6.07, 6.45) is 2.93. The average Bonchev–Trinajstić information content (AvgIpc) is 2.92. The van der Waals surface area contributed by atoms with Gasteiger partial charge in [-0.2, -0.15) is 9.97 Å². The van der Waals surface area contributed by atoms with Gasteiger partial charge in [0.25, 0.3) is 0 Å². The third-order valence-electron chi connectivity index (χ3n) is 2.38. The molecule has 0 spiro atoms. The van der Waals surface area contributed by atoms with Crippen molar-refractivity contribution in [2.45, 2.75) is 19.8 Å². The Morgan fingerprint density at radius 2 is 2.32 bits per heavy atom. The number of hydrogen-bond donors (Lipinski definition) is 2. The van der Waals surface area contributed by atoms with Crippen LogP contribution >= 0.6 is 0 Å². The molecule has 0 aliphatic carbocycles. The van der Waals surface area contributed by atoms with Crippen molar-refractivity contribution in [1.29, 1.82) is 0 Å². The van der Waals surface area contributed by atoms with Gasteiger partial charge < -0.3 is 20.3 Å². The molecule has 0 saturated carbocycles. The first-order valence-corrected chi connectivity index (χ1v) is 6.18. The van der Waals surface area contributed by atoms with Crippen LogP contribution in [0, 0.1) is 0 Å². The highest BCUT2D eigenvalue weighted by Crippen LogP contribution is 2.20. The lowest BCUT2D eigenvalue weighted by atomic mass is 10.3.